The third-order valence-corrected chi connectivity index (χ3v) is 7.07. The van der Waals surface area contributed by atoms with Crippen LogP contribution in [0.5, 0.6) is 0 Å². The van der Waals surface area contributed by atoms with Gasteiger partial charge in [0.2, 0.25) is 5.91 Å². The number of rotatable bonds is 11. The van der Waals surface area contributed by atoms with E-state index in [2.05, 4.69) is 39.8 Å². The van der Waals surface area contributed by atoms with Gasteiger partial charge >= 0.3 is 6.09 Å². The number of para-hydroxylation sites is 2. The van der Waals surface area contributed by atoms with E-state index in [0.29, 0.717) is 42.4 Å². The molecule has 0 unspecified atom stereocenters. The molecule has 0 saturated carbocycles. The fourth-order valence-electron chi connectivity index (χ4n) is 3.48. The Hall–Kier alpha value is -3.31. The average molecular weight is 558 g/mol. The minimum absolute atomic E-state index is 0.179. The van der Waals surface area contributed by atoms with Crippen molar-refractivity contribution in [3.05, 3.63) is 46.4 Å². The molecular weight excluding hydrogens is 522 g/mol. The summed E-state index contributed by atoms with van der Waals surface area (Å²) in [5.74, 6) is 0.0157. The van der Waals surface area contributed by atoms with Gasteiger partial charge in [-0.1, -0.05) is 26.0 Å². The fraction of sp³-hybridized carbons (Fsp3) is 0.444. The van der Waals surface area contributed by atoms with Crippen molar-refractivity contribution >= 4 is 52.0 Å². The Morgan fingerprint density at radius 1 is 1.03 bits per heavy atom. The van der Waals surface area contributed by atoms with Gasteiger partial charge in [0.05, 0.1) is 11.4 Å². The summed E-state index contributed by atoms with van der Waals surface area (Å²) in [5.41, 5.74) is 0.783. The molecule has 204 valence electrons. The third-order valence-electron chi connectivity index (χ3n) is 5.07. The highest BCUT2D eigenvalue weighted by Crippen LogP contribution is 2.31. The Morgan fingerprint density at radius 3 is 2.37 bits per heavy atom. The van der Waals surface area contributed by atoms with Crippen molar-refractivity contribution in [3.63, 3.8) is 0 Å². The maximum Gasteiger partial charge on any atom is 0.412 e. The molecule has 3 amide bonds. The Morgan fingerprint density at radius 2 is 1.74 bits per heavy atom. The quantitative estimate of drug-likeness (QED) is 0.236. The smallest absolute Gasteiger partial charge is 0.412 e. The number of hydrogen-bond donors (Lipinski definition) is 3. The molecule has 0 saturated heterocycles. The summed E-state index contributed by atoms with van der Waals surface area (Å²) in [6.45, 7) is 10.0. The van der Waals surface area contributed by atoms with Crippen LogP contribution in [-0.2, 0) is 16.0 Å². The number of thiazole rings is 2. The fourth-order valence-corrected chi connectivity index (χ4v) is 5.43. The lowest BCUT2D eigenvalue weighted by atomic mass is 10.1. The number of unbranched alkanes of at least 4 members (excludes halogenated alkanes) is 1. The molecule has 0 radical (unpaired) electrons. The molecule has 3 aromatic rings. The summed E-state index contributed by atoms with van der Waals surface area (Å²) in [7, 11) is 0. The van der Waals surface area contributed by atoms with Crippen LogP contribution in [0.4, 0.5) is 16.2 Å². The van der Waals surface area contributed by atoms with E-state index in [-0.39, 0.29) is 18.2 Å². The van der Waals surface area contributed by atoms with Crippen molar-refractivity contribution in [2.24, 2.45) is 5.92 Å². The zero-order valence-corrected chi connectivity index (χ0v) is 24.1. The largest absolute Gasteiger partial charge is 0.444 e. The normalized spacial score (nSPS) is 11.3. The zero-order valence-electron chi connectivity index (χ0n) is 22.4. The molecule has 2 aromatic heterocycles. The molecule has 3 rings (SSSR count). The van der Waals surface area contributed by atoms with Gasteiger partial charge in [0.25, 0.3) is 5.91 Å². The summed E-state index contributed by atoms with van der Waals surface area (Å²) < 4.78 is 5.29. The summed E-state index contributed by atoms with van der Waals surface area (Å²) >= 11 is 3.02. The van der Waals surface area contributed by atoms with Gasteiger partial charge in [-0.15, -0.1) is 22.7 Å². The minimum Gasteiger partial charge on any atom is -0.444 e. The molecule has 0 atom stereocenters. The van der Waals surface area contributed by atoms with E-state index in [0.717, 1.165) is 21.3 Å². The van der Waals surface area contributed by atoms with Crippen LogP contribution in [0.2, 0.25) is 0 Å². The number of nitrogens with one attached hydrogen (secondary N) is 3. The molecule has 9 nitrogen and oxygen atoms in total. The highest BCUT2D eigenvalue weighted by atomic mass is 32.1. The number of aromatic nitrogens is 2. The van der Waals surface area contributed by atoms with Crippen LogP contribution >= 0.6 is 22.7 Å². The Labute approximate surface area is 231 Å². The highest BCUT2D eigenvalue weighted by Gasteiger charge is 2.21. The lowest BCUT2D eigenvalue weighted by molar-refractivity contribution is -0.116. The van der Waals surface area contributed by atoms with E-state index >= 15 is 0 Å². The topological polar surface area (TPSA) is 122 Å². The van der Waals surface area contributed by atoms with Crippen molar-refractivity contribution < 1.29 is 19.1 Å². The average Bonchev–Trinajstić information content (AvgIpc) is 3.48. The molecule has 3 N–H and O–H groups in total. The maximum atomic E-state index is 12.9. The van der Waals surface area contributed by atoms with Crippen LogP contribution in [0.15, 0.2) is 35.8 Å². The van der Waals surface area contributed by atoms with Gasteiger partial charge < -0.3 is 15.4 Å². The second-order valence-electron chi connectivity index (χ2n) is 10.2. The number of anilines is 2. The molecule has 2 heterocycles. The van der Waals surface area contributed by atoms with Gasteiger partial charge in [-0.3, -0.25) is 14.9 Å². The molecular formula is C27H35N5O4S2. The number of nitrogens with zero attached hydrogens (tertiary/aromatic N) is 2. The van der Waals surface area contributed by atoms with Gasteiger partial charge in [0, 0.05) is 29.4 Å². The lowest BCUT2D eigenvalue weighted by Crippen LogP contribution is -2.27. The number of ether oxygens (including phenoxy) is 1. The third kappa shape index (κ3) is 9.21. The van der Waals surface area contributed by atoms with Crippen LogP contribution in [0.25, 0.3) is 10.0 Å². The van der Waals surface area contributed by atoms with Crippen LogP contribution in [0, 0.1) is 5.92 Å². The molecule has 0 aliphatic rings. The molecule has 1 aromatic carbocycles. The van der Waals surface area contributed by atoms with E-state index in [1.54, 1.807) is 51.2 Å². The van der Waals surface area contributed by atoms with E-state index in [1.807, 2.05) is 5.38 Å². The summed E-state index contributed by atoms with van der Waals surface area (Å²) in [6.07, 6.45) is 3.42. The Kier molecular flexibility index (Phi) is 10.4. The number of hydrogen-bond acceptors (Lipinski definition) is 8. The van der Waals surface area contributed by atoms with Gasteiger partial charge in [-0.25, -0.2) is 14.8 Å². The molecule has 38 heavy (non-hydrogen) atoms. The molecule has 11 heteroatoms. The lowest BCUT2D eigenvalue weighted by Gasteiger charge is -2.20. The number of benzene rings is 1. The minimum atomic E-state index is -0.628. The van der Waals surface area contributed by atoms with E-state index in [4.69, 9.17) is 4.74 Å². The SMILES string of the molecule is CC(C)Cc1sc(-c2nccs2)nc1C(=O)NCCCCC(=O)Nc1ccccc1NC(=O)OC(C)(C)C. The maximum absolute atomic E-state index is 12.9. The molecule has 0 aliphatic carbocycles. The van der Waals surface area contributed by atoms with Crippen molar-refractivity contribution in [1.82, 2.24) is 15.3 Å². The zero-order chi connectivity index (χ0) is 27.7. The second kappa shape index (κ2) is 13.5. The van der Waals surface area contributed by atoms with E-state index in [9.17, 15) is 14.4 Å². The van der Waals surface area contributed by atoms with Crippen molar-refractivity contribution in [2.45, 2.75) is 65.9 Å². The second-order valence-corrected chi connectivity index (χ2v) is 12.1. The number of amides is 3. The standard InChI is InChI=1S/C27H35N5O4S2/c1-17(2)16-20-22(32-25(38-20)24-29-14-15-37-24)23(34)28-13-9-8-12-21(33)30-18-10-6-7-11-19(18)31-26(35)36-27(3,4)5/h6-7,10-11,14-15,17H,8-9,12-13,16H2,1-5H3,(H,28,34)(H,30,33)(H,31,35). The molecule has 0 bridgehead atoms. The first kappa shape index (κ1) is 29.2. The van der Waals surface area contributed by atoms with Crippen LogP contribution in [-0.4, -0.2) is 40.0 Å². The van der Waals surface area contributed by atoms with Crippen molar-refractivity contribution in [2.75, 3.05) is 17.2 Å². The predicted molar refractivity (Wildman–Crippen MR) is 153 cm³/mol. The first-order chi connectivity index (χ1) is 18.0. The highest BCUT2D eigenvalue weighted by molar-refractivity contribution is 7.20. The van der Waals surface area contributed by atoms with E-state index < -0.39 is 11.7 Å². The predicted octanol–water partition coefficient (Wildman–Crippen LogP) is 6.35. The van der Waals surface area contributed by atoms with Gasteiger partial charge in [0.15, 0.2) is 10.0 Å². The van der Waals surface area contributed by atoms with Crippen LogP contribution in [0.1, 0.15) is 69.2 Å². The molecule has 0 spiro atoms. The van der Waals surface area contributed by atoms with Gasteiger partial charge in [-0.05, 0) is 58.1 Å². The van der Waals surface area contributed by atoms with Crippen molar-refractivity contribution in [1.29, 1.82) is 0 Å². The number of carbonyl (C=O) groups excluding carboxylic acids is 3. The van der Waals surface area contributed by atoms with Gasteiger partial charge in [0.1, 0.15) is 11.3 Å². The first-order valence-electron chi connectivity index (χ1n) is 12.6. The Balaban J connectivity index is 1.47. The summed E-state index contributed by atoms with van der Waals surface area (Å²) in [6, 6.07) is 6.95. The number of carbonyl (C=O) groups is 3. The first-order valence-corrected chi connectivity index (χ1v) is 14.3. The summed E-state index contributed by atoms with van der Waals surface area (Å²) in [4.78, 5) is 47.3. The molecule has 0 fully saturated rings. The van der Waals surface area contributed by atoms with Crippen LogP contribution < -0.4 is 16.0 Å². The summed E-state index contributed by atoms with van der Waals surface area (Å²) in [5, 5.41) is 11.9. The van der Waals surface area contributed by atoms with Crippen molar-refractivity contribution in [3.8, 4) is 10.0 Å². The Bertz CT molecular complexity index is 1230. The van der Waals surface area contributed by atoms with Gasteiger partial charge in [-0.2, -0.15) is 0 Å². The monoisotopic (exact) mass is 557 g/mol. The molecule has 0 aliphatic heterocycles. The van der Waals surface area contributed by atoms with E-state index in [1.165, 1.54) is 22.7 Å². The van der Waals surface area contributed by atoms with Crippen LogP contribution in [0.3, 0.4) is 0 Å².